The number of carbonyl (C=O) groups excluding carboxylic acids is 2. The maximum absolute atomic E-state index is 12.6. The van der Waals surface area contributed by atoms with Crippen molar-refractivity contribution < 1.29 is 9.59 Å². The molecule has 116 valence electrons. The van der Waals surface area contributed by atoms with Crippen LogP contribution in [-0.2, 0) is 16.1 Å². The Morgan fingerprint density at radius 3 is 2.35 bits per heavy atom. The number of rotatable bonds is 3. The molecule has 0 unspecified atom stereocenters. The van der Waals surface area contributed by atoms with Gasteiger partial charge in [-0.2, -0.15) is 0 Å². The quantitative estimate of drug-likeness (QED) is 0.947. The molecular formula is C19H18N2O2. The predicted molar refractivity (Wildman–Crippen MR) is 91.4 cm³/mol. The summed E-state index contributed by atoms with van der Waals surface area (Å²) < 4.78 is 0. The molecule has 0 saturated carbocycles. The van der Waals surface area contributed by atoms with Crippen LogP contribution in [0.5, 0.6) is 0 Å². The Kier molecular flexibility index (Phi) is 4.24. The number of benzene rings is 2. The van der Waals surface area contributed by atoms with Crippen LogP contribution in [-0.4, -0.2) is 11.8 Å². The smallest absolute Gasteiger partial charge is 0.227 e. The van der Waals surface area contributed by atoms with Gasteiger partial charge in [0.2, 0.25) is 11.8 Å². The number of para-hydroxylation sites is 1. The van der Waals surface area contributed by atoms with Crippen LogP contribution < -0.4 is 10.6 Å². The molecule has 0 aromatic heterocycles. The van der Waals surface area contributed by atoms with E-state index < -0.39 is 5.91 Å². The van der Waals surface area contributed by atoms with Crippen molar-refractivity contribution in [3.8, 4) is 0 Å². The van der Waals surface area contributed by atoms with Crippen LogP contribution in [0.4, 0.5) is 5.69 Å². The van der Waals surface area contributed by atoms with Gasteiger partial charge in [0.1, 0.15) is 0 Å². The molecule has 3 rings (SSSR count). The number of carbonyl (C=O) groups is 2. The van der Waals surface area contributed by atoms with Gasteiger partial charge >= 0.3 is 0 Å². The third-order valence-corrected chi connectivity index (χ3v) is 3.94. The van der Waals surface area contributed by atoms with Gasteiger partial charge < -0.3 is 10.6 Å². The average molecular weight is 306 g/mol. The average Bonchev–Trinajstić information content (AvgIpc) is 2.55. The number of hydrogen-bond acceptors (Lipinski definition) is 2. The fraction of sp³-hybridized carbons (Fsp3) is 0.158. The number of fused-ring (bicyclic) bond motifs is 2. The second-order valence-electron chi connectivity index (χ2n) is 5.54. The number of nitrogens with zero attached hydrogens (tertiary/aromatic N) is 1. The molecule has 0 spiro atoms. The van der Waals surface area contributed by atoms with E-state index in [9.17, 15) is 9.59 Å². The number of amides is 2. The summed E-state index contributed by atoms with van der Waals surface area (Å²) in [6.45, 7) is 0.481. The van der Waals surface area contributed by atoms with E-state index in [1.54, 1.807) is 4.90 Å². The van der Waals surface area contributed by atoms with Crippen molar-refractivity contribution in [1.82, 2.24) is 0 Å². The van der Waals surface area contributed by atoms with Crippen LogP contribution in [0.15, 0.2) is 48.5 Å². The predicted octanol–water partition coefficient (Wildman–Crippen LogP) is 2.97. The molecule has 0 fully saturated rings. The van der Waals surface area contributed by atoms with E-state index >= 15 is 0 Å². The molecule has 0 bridgehead atoms. The van der Waals surface area contributed by atoms with Crippen molar-refractivity contribution in [2.75, 3.05) is 4.90 Å². The number of anilines is 1. The highest BCUT2D eigenvalue weighted by Gasteiger charge is 2.20. The molecule has 2 aromatic carbocycles. The van der Waals surface area contributed by atoms with E-state index in [4.69, 9.17) is 5.73 Å². The van der Waals surface area contributed by atoms with Gasteiger partial charge in [0, 0.05) is 12.8 Å². The second kappa shape index (κ2) is 6.48. The van der Waals surface area contributed by atoms with E-state index in [2.05, 4.69) is 6.08 Å². The zero-order valence-electron chi connectivity index (χ0n) is 12.7. The molecular weight excluding hydrogens is 288 g/mol. The minimum absolute atomic E-state index is 0.0645. The van der Waals surface area contributed by atoms with Crippen molar-refractivity contribution in [2.24, 2.45) is 5.73 Å². The Morgan fingerprint density at radius 1 is 0.913 bits per heavy atom. The first kappa shape index (κ1) is 15.0. The highest BCUT2D eigenvalue weighted by Crippen LogP contribution is 2.29. The molecule has 2 N–H and O–H groups in total. The van der Waals surface area contributed by atoms with Crippen LogP contribution in [0.25, 0.3) is 12.2 Å². The molecule has 0 saturated heterocycles. The van der Waals surface area contributed by atoms with Crippen LogP contribution in [0, 0.1) is 0 Å². The zero-order chi connectivity index (χ0) is 16.2. The van der Waals surface area contributed by atoms with Crippen LogP contribution in [0.3, 0.4) is 0 Å². The van der Waals surface area contributed by atoms with Crippen LogP contribution in [0.1, 0.15) is 29.5 Å². The van der Waals surface area contributed by atoms with Gasteiger partial charge in [-0.1, -0.05) is 54.6 Å². The van der Waals surface area contributed by atoms with Crippen molar-refractivity contribution in [2.45, 2.75) is 19.4 Å². The summed E-state index contributed by atoms with van der Waals surface area (Å²) >= 11 is 0. The number of nitrogens with two attached hydrogens (primary N) is 1. The van der Waals surface area contributed by atoms with Crippen molar-refractivity contribution in [3.05, 3.63) is 65.2 Å². The maximum Gasteiger partial charge on any atom is 0.227 e. The van der Waals surface area contributed by atoms with E-state index in [0.717, 1.165) is 22.4 Å². The Labute approximate surface area is 135 Å². The van der Waals surface area contributed by atoms with Crippen LogP contribution in [0.2, 0.25) is 0 Å². The summed E-state index contributed by atoms with van der Waals surface area (Å²) in [6, 6.07) is 15.8. The molecule has 2 aromatic rings. The SMILES string of the molecule is NC(=O)CCC(=O)N1Cc2ccccc2/C=C\c2ccccc21. The Bertz CT molecular complexity index is 780. The lowest BCUT2D eigenvalue weighted by atomic mass is 10.0. The molecule has 23 heavy (non-hydrogen) atoms. The third kappa shape index (κ3) is 3.31. The molecule has 0 aliphatic carbocycles. The van der Waals surface area contributed by atoms with Crippen molar-refractivity contribution in [3.63, 3.8) is 0 Å². The monoisotopic (exact) mass is 306 g/mol. The lowest BCUT2D eigenvalue weighted by Crippen LogP contribution is -2.32. The molecule has 4 nitrogen and oxygen atoms in total. The summed E-state index contributed by atoms with van der Waals surface area (Å²) in [7, 11) is 0. The first-order valence-corrected chi connectivity index (χ1v) is 7.59. The summed E-state index contributed by atoms with van der Waals surface area (Å²) in [4.78, 5) is 25.4. The standard InChI is InChI=1S/C19H18N2O2/c20-18(22)11-12-19(23)21-13-16-7-2-1-5-14(16)9-10-15-6-3-4-8-17(15)21/h1-10H,11-13H2,(H2,20,22)/b10-9-. The highest BCUT2D eigenvalue weighted by atomic mass is 16.2. The molecule has 1 heterocycles. The van der Waals surface area contributed by atoms with Gasteiger partial charge in [0.05, 0.1) is 12.2 Å². The fourth-order valence-electron chi connectivity index (χ4n) is 2.74. The van der Waals surface area contributed by atoms with E-state index in [-0.39, 0.29) is 18.7 Å². The van der Waals surface area contributed by atoms with E-state index in [0.29, 0.717) is 6.54 Å². The van der Waals surface area contributed by atoms with Gasteiger partial charge in [-0.3, -0.25) is 9.59 Å². The second-order valence-corrected chi connectivity index (χ2v) is 5.54. The molecule has 0 radical (unpaired) electrons. The number of primary amides is 1. The van der Waals surface area contributed by atoms with Gasteiger partial charge in [-0.25, -0.2) is 0 Å². The molecule has 1 aliphatic rings. The Morgan fingerprint density at radius 2 is 1.57 bits per heavy atom. The van der Waals surface area contributed by atoms with Gasteiger partial charge in [0.25, 0.3) is 0 Å². The van der Waals surface area contributed by atoms with Crippen LogP contribution >= 0.6 is 0 Å². The first-order chi connectivity index (χ1) is 11.1. The fourth-order valence-corrected chi connectivity index (χ4v) is 2.74. The lowest BCUT2D eigenvalue weighted by Gasteiger charge is -2.27. The maximum atomic E-state index is 12.6. The number of hydrogen-bond donors (Lipinski definition) is 1. The third-order valence-electron chi connectivity index (χ3n) is 3.94. The first-order valence-electron chi connectivity index (χ1n) is 7.59. The highest BCUT2D eigenvalue weighted by molar-refractivity contribution is 5.98. The Hall–Kier alpha value is -2.88. The molecule has 0 atom stereocenters. The molecule has 4 heteroatoms. The topological polar surface area (TPSA) is 63.4 Å². The van der Waals surface area contributed by atoms with E-state index in [1.165, 1.54) is 0 Å². The minimum atomic E-state index is -0.459. The van der Waals surface area contributed by atoms with Gasteiger partial charge in [-0.05, 0) is 22.8 Å². The summed E-state index contributed by atoms with van der Waals surface area (Å²) in [6.07, 6.45) is 4.27. The largest absolute Gasteiger partial charge is 0.370 e. The zero-order valence-corrected chi connectivity index (χ0v) is 12.7. The van der Waals surface area contributed by atoms with Crippen molar-refractivity contribution >= 4 is 29.7 Å². The summed E-state index contributed by atoms with van der Waals surface area (Å²) in [5, 5.41) is 0. The van der Waals surface area contributed by atoms with Crippen molar-refractivity contribution in [1.29, 1.82) is 0 Å². The molecule has 2 amide bonds. The van der Waals surface area contributed by atoms with E-state index in [1.807, 2.05) is 54.6 Å². The summed E-state index contributed by atoms with van der Waals surface area (Å²) in [5.74, 6) is -0.555. The van der Waals surface area contributed by atoms with Gasteiger partial charge in [0.15, 0.2) is 0 Å². The molecule has 1 aliphatic heterocycles. The normalized spacial score (nSPS) is 14.2. The summed E-state index contributed by atoms with van der Waals surface area (Å²) in [5.41, 5.74) is 9.18. The lowest BCUT2D eigenvalue weighted by molar-refractivity contribution is -0.123. The van der Waals surface area contributed by atoms with Gasteiger partial charge in [-0.15, -0.1) is 0 Å². The Balaban J connectivity index is 2.02. The minimum Gasteiger partial charge on any atom is -0.370 e.